The summed E-state index contributed by atoms with van der Waals surface area (Å²) in [6.07, 6.45) is 0.855. The molecule has 4 aromatic rings. The summed E-state index contributed by atoms with van der Waals surface area (Å²) in [6.45, 7) is 9.92. The molecule has 2 aromatic heterocycles. The van der Waals surface area contributed by atoms with E-state index in [0.717, 1.165) is 61.3 Å². The van der Waals surface area contributed by atoms with Gasteiger partial charge in [0.1, 0.15) is 17.5 Å². The quantitative estimate of drug-likeness (QED) is 0.469. The van der Waals surface area contributed by atoms with E-state index in [1.165, 1.54) is 22.1 Å². The van der Waals surface area contributed by atoms with Crippen LogP contribution in [0.1, 0.15) is 28.2 Å². The molecule has 1 saturated heterocycles. The molecular weight excluding hydrogens is 394 g/mol. The van der Waals surface area contributed by atoms with Crippen molar-refractivity contribution in [3.05, 3.63) is 88.9 Å². The fraction of sp³-hybridized carbons (Fsp3) is 0.296. The van der Waals surface area contributed by atoms with Crippen LogP contribution in [0.25, 0.3) is 10.9 Å². The summed E-state index contributed by atoms with van der Waals surface area (Å²) in [6, 6.07) is 21.4. The van der Waals surface area contributed by atoms with Crippen molar-refractivity contribution in [2.24, 2.45) is 0 Å². The topological polar surface area (TPSA) is 45.2 Å². The summed E-state index contributed by atoms with van der Waals surface area (Å²) in [5, 5.41) is 1.18. The smallest absolute Gasteiger partial charge is 0.136 e. The molecule has 162 valence electrons. The third-order valence-electron chi connectivity index (χ3n) is 6.29. The van der Waals surface area contributed by atoms with Crippen molar-refractivity contribution < 1.29 is 0 Å². The molecule has 32 heavy (non-hydrogen) atoms. The maximum atomic E-state index is 4.89. The van der Waals surface area contributed by atoms with Gasteiger partial charge in [-0.2, -0.15) is 0 Å². The Morgan fingerprint density at radius 1 is 0.719 bits per heavy atom. The van der Waals surface area contributed by atoms with Gasteiger partial charge in [-0.1, -0.05) is 48.0 Å². The van der Waals surface area contributed by atoms with Gasteiger partial charge in [0.05, 0.1) is 5.52 Å². The number of hydrogen-bond acceptors (Lipinski definition) is 5. The van der Waals surface area contributed by atoms with Gasteiger partial charge in [0, 0.05) is 49.2 Å². The molecule has 0 radical (unpaired) electrons. The highest BCUT2D eigenvalue weighted by Gasteiger charge is 2.23. The number of fused-ring (bicyclic) bond motifs is 1. The van der Waals surface area contributed by atoms with E-state index in [4.69, 9.17) is 9.97 Å². The molecular formula is C27H29N5. The lowest BCUT2D eigenvalue weighted by Gasteiger charge is -2.37. The number of aromatic nitrogens is 3. The Morgan fingerprint density at radius 3 is 2.22 bits per heavy atom. The van der Waals surface area contributed by atoms with Crippen LogP contribution in [0, 0.1) is 20.8 Å². The Kier molecular flexibility index (Phi) is 5.48. The number of piperazine rings is 1. The van der Waals surface area contributed by atoms with Crippen LogP contribution in [0.5, 0.6) is 0 Å². The average molecular weight is 424 g/mol. The fourth-order valence-electron chi connectivity index (χ4n) is 4.48. The Hall–Kier alpha value is -3.47. The molecule has 0 N–H and O–H groups in total. The molecule has 1 aliphatic heterocycles. The lowest BCUT2D eigenvalue weighted by molar-refractivity contribution is 0.637. The highest BCUT2D eigenvalue weighted by molar-refractivity contribution is 5.80. The molecule has 5 nitrogen and oxygen atoms in total. The van der Waals surface area contributed by atoms with Crippen molar-refractivity contribution in [3.63, 3.8) is 0 Å². The zero-order chi connectivity index (χ0) is 22.1. The molecule has 0 unspecified atom stereocenters. The molecule has 5 rings (SSSR count). The highest BCUT2D eigenvalue weighted by Crippen LogP contribution is 2.26. The maximum Gasteiger partial charge on any atom is 0.136 e. The SMILES string of the molecule is Cc1ccc(Cc2c(C)nc(C)nc2N2CCN(c3ccc4ccccc4n3)CC2)cc1. The van der Waals surface area contributed by atoms with E-state index in [-0.39, 0.29) is 0 Å². The molecule has 2 aromatic carbocycles. The van der Waals surface area contributed by atoms with Crippen LogP contribution in [0.4, 0.5) is 11.6 Å². The van der Waals surface area contributed by atoms with Gasteiger partial charge in [-0.05, 0) is 44.5 Å². The maximum absolute atomic E-state index is 4.89. The van der Waals surface area contributed by atoms with E-state index in [1.54, 1.807) is 0 Å². The van der Waals surface area contributed by atoms with Gasteiger partial charge in [0.25, 0.3) is 0 Å². The number of aryl methyl sites for hydroxylation is 3. The van der Waals surface area contributed by atoms with Gasteiger partial charge in [0.15, 0.2) is 0 Å². The molecule has 0 spiro atoms. The molecule has 0 atom stereocenters. The Bertz CT molecular complexity index is 1240. The van der Waals surface area contributed by atoms with Crippen molar-refractivity contribution in [1.29, 1.82) is 0 Å². The number of nitrogens with zero attached hydrogens (tertiary/aromatic N) is 5. The Labute approximate surface area is 189 Å². The summed E-state index contributed by atoms with van der Waals surface area (Å²) < 4.78 is 0. The third kappa shape index (κ3) is 4.15. The lowest BCUT2D eigenvalue weighted by atomic mass is 10.0. The minimum Gasteiger partial charge on any atom is -0.353 e. The van der Waals surface area contributed by atoms with Crippen molar-refractivity contribution in [3.8, 4) is 0 Å². The predicted octanol–water partition coefficient (Wildman–Crippen LogP) is 4.87. The number of para-hydroxylation sites is 1. The standard InChI is InChI=1S/C27H29N5/c1-19-8-10-22(11-9-19)18-24-20(2)28-21(3)29-27(24)32-16-14-31(15-17-32)26-13-12-23-6-4-5-7-25(23)30-26/h4-13H,14-18H2,1-3H3. The lowest BCUT2D eigenvalue weighted by Crippen LogP contribution is -2.47. The number of benzene rings is 2. The average Bonchev–Trinajstić information content (AvgIpc) is 2.82. The molecule has 0 amide bonds. The third-order valence-corrected chi connectivity index (χ3v) is 6.29. The first-order valence-corrected chi connectivity index (χ1v) is 11.3. The van der Waals surface area contributed by atoms with Crippen molar-refractivity contribution in [2.75, 3.05) is 36.0 Å². The van der Waals surface area contributed by atoms with Crippen LogP contribution in [0.2, 0.25) is 0 Å². The molecule has 1 fully saturated rings. The van der Waals surface area contributed by atoms with Crippen LogP contribution >= 0.6 is 0 Å². The van der Waals surface area contributed by atoms with Gasteiger partial charge in [-0.3, -0.25) is 0 Å². The summed E-state index contributed by atoms with van der Waals surface area (Å²) in [5.41, 5.74) is 5.94. The Balaban J connectivity index is 1.37. The fourth-order valence-corrected chi connectivity index (χ4v) is 4.48. The first-order valence-electron chi connectivity index (χ1n) is 11.3. The molecule has 0 saturated carbocycles. The second-order valence-corrected chi connectivity index (χ2v) is 8.66. The molecule has 0 bridgehead atoms. The van der Waals surface area contributed by atoms with Gasteiger partial charge in [0.2, 0.25) is 0 Å². The van der Waals surface area contributed by atoms with Crippen LogP contribution in [0.15, 0.2) is 60.7 Å². The van der Waals surface area contributed by atoms with Crippen molar-refractivity contribution in [1.82, 2.24) is 15.0 Å². The second-order valence-electron chi connectivity index (χ2n) is 8.66. The van der Waals surface area contributed by atoms with E-state index < -0.39 is 0 Å². The summed E-state index contributed by atoms with van der Waals surface area (Å²) >= 11 is 0. The summed E-state index contributed by atoms with van der Waals surface area (Å²) in [5.74, 6) is 2.98. The zero-order valence-corrected chi connectivity index (χ0v) is 19.0. The van der Waals surface area contributed by atoms with Crippen LogP contribution in [0.3, 0.4) is 0 Å². The van der Waals surface area contributed by atoms with Crippen LogP contribution in [-0.2, 0) is 6.42 Å². The molecule has 3 heterocycles. The molecule has 0 aliphatic carbocycles. The second kappa shape index (κ2) is 8.58. The number of anilines is 2. The first kappa shape index (κ1) is 20.4. The normalized spacial score (nSPS) is 14.2. The van der Waals surface area contributed by atoms with E-state index >= 15 is 0 Å². The summed E-state index contributed by atoms with van der Waals surface area (Å²) in [7, 11) is 0. The van der Waals surface area contributed by atoms with Gasteiger partial charge >= 0.3 is 0 Å². The minimum absolute atomic E-state index is 0.837. The van der Waals surface area contributed by atoms with Crippen molar-refractivity contribution in [2.45, 2.75) is 27.2 Å². The van der Waals surface area contributed by atoms with Crippen LogP contribution < -0.4 is 9.80 Å². The van der Waals surface area contributed by atoms with Gasteiger partial charge < -0.3 is 9.80 Å². The van der Waals surface area contributed by atoms with E-state index in [2.05, 4.69) is 83.2 Å². The molecule has 1 aliphatic rings. The number of hydrogen-bond donors (Lipinski definition) is 0. The Morgan fingerprint density at radius 2 is 1.44 bits per heavy atom. The zero-order valence-electron chi connectivity index (χ0n) is 19.0. The monoisotopic (exact) mass is 423 g/mol. The largest absolute Gasteiger partial charge is 0.353 e. The first-order chi connectivity index (χ1) is 15.6. The minimum atomic E-state index is 0.837. The van der Waals surface area contributed by atoms with E-state index in [0.29, 0.717) is 0 Å². The van der Waals surface area contributed by atoms with Gasteiger partial charge in [-0.25, -0.2) is 15.0 Å². The number of pyridine rings is 1. The molecule has 5 heteroatoms. The highest BCUT2D eigenvalue weighted by atomic mass is 15.3. The van der Waals surface area contributed by atoms with E-state index in [1.807, 2.05) is 13.0 Å². The van der Waals surface area contributed by atoms with E-state index in [9.17, 15) is 0 Å². The number of rotatable bonds is 4. The van der Waals surface area contributed by atoms with Gasteiger partial charge in [-0.15, -0.1) is 0 Å². The predicted molar refractivity (Wildman–Crippen MR) is 132 cm³/mol. The van der Waals surface area contributed by atoms with Crippen LogP contribution in [-0.4, -0.2) is 41.1 Å². The van der Waals surface area contributed by atoms with Crippen molar-refractivity contribution >= 4 is 22.5 Å². The summed E-state index contributed by atoms with van der Waals surface area (Å²) in [4.78, 5) is 19.3.